The first-order chi connectivity index (χ1) is 16.6. The minimum Gasteiger partial charge on any atom is -0.481 e. The van der Waals surface area contributed by atoms with E-state index in [0.717, 1.165) is 22.5 Å². The summed E-state index contributed by atoms with van der Waals surface area (Å²) in [5, 5.41) is 9.39. The lowest BCUT2D eigenvalue weighted by Gasteiger charge is -2.39. The highest BCUT2D eigenvalue weighted by molar-refractivity contribution is 7.92. The number of hydrogen-bond donors (Lipinski definition) is 1. The molecule has 1 unspecified atom stereocenters. The van der Waals surface area contributed by atoms with Crippen LogP contribution in [0.3, 0.4) is 0 Å². The molecule has 4 rings (SSSR count). The SMILES string of the molecule is O=C(O)CCC1CC[C@@H](N(c2cc(F)ccc2F)S(=O)(=O)c2ccc(Cl)cc2)c2ccc(F)cc21. The molecule has 0 fully saturated rings. The van der Waals surface area contributed by atoms with Crippen molar-refractivity contribution in [1.82, 2.24) is 0 Å². The van der Waals surface area contributed by atoms with E-state index in [0.29, 0.717) is 22.6 Å². The van der Waals surface area contributed by atoms with Gasteiger partial charge in [0.1, 0.15) is 17.5 Å². The smallest absolute Gasteiger partial charge is 0.303 e. The van der Waals surface area contributed by atoms with Gasteiger partial charge < -0.3 is 5.11 Å². The van der Waals surface area contributed by atoms with Gasteiger partial charge in [-0.25, -0.2) is 21.6 Å². The molecule has 0 saturated carbocycles. The maximum Gasteiger partial charge on any atom is 0.303 e. The van der Waals surface area contributed by atoms with Crippen molar-refractivity contribution in [2.24, 2.45) is 0 Å². The summed E-state index contributed by atoms with van der Waals surface area (Å²) in [7, 11) is -4.43. The number of carbonyl (C=O) groups is 1. The number of benzene rings is 3. The lowest BCUT2D eigenvalue weighted by molar-refractivity contribution is -0.137. The number of carboxylic acid groups (broad SMARTS) is 1. The van der Waals surface area contributed by atoms with Gasteiger partial charge >= 0.3 is 5.97 Å². The van der Waals surface area contributed by atoms with Crippen LogP contribution < -0.4 is 4.31 Å². The Morgan fingerprint density at radius 1 is 0.943 bits per heavy atom. The minimum atomic E-state index is -4.43. The monoisotopic (exact) mass is 523 g/mol. The second kappa shape index (κ2) is 9.91. The Labute approximate surface area is 205 Å². The normalized spacial score (nSPS) is 17.6. The number of sulfonamides is 1. The van der Waals surface area contributed by atoms with Crippen LogP contribution in [0, 0.1) is 17.5 Å². The average molecular weight is 524 g/mol. The number of halogens is 4. The summed E-state index contributed by atoms with van der Waals surface area (Å²) in [5.41, 5.74) is 0.383. The van der Waals surface area contributed by atoms with Gasteiger partial charge in [-0.3, -0.25) is 9.10 Å². The van der Waals surface area contributed by atoms with E-state index in [2.05, 4.69) is 0 Å². The molecule has 0 saturated heterocycles. The lowest BCUT2D eigenvalue weighted by Crippen LogP contribution is -2.38. The fourth-order valence-electron chi connectivity index (χ4n) is 4.55. The molecule has 0 aliphatic heterocycles. The standard InChI is InChI=1S/C25H21ClF3NO4S/c26-16-3-7-19(8-4-16)35(33,34)30(24-14-18(28)6-10-22(24)29)23-11-1-15(2-12-25(31)32)21-13-17(27)5-9-20(21)23/h3-10,13-15,23H,1-2,11-12H2,(H,31,32)/t15?,23-/m1/s1. The predicted octanol–water partition coefficient (Wildman–Crippen LogP) is 6.44. The van der Waals surface area contributed by atoms with Crippen molar-refractivity contribution in [2.45, 2.75) is 42.5 Å². The van der Waals surface area contributed by atoms with Gasteiger partial charge in [0.2, 0.25) is 0 Å². The van der Waals surface area contributed by atoms with E-state index in [1.807, 2.05) is 0 Å². The van der Waals surface area contributed by atoms with E-state index in [9.17, 15) is 26.4 Å². The van der Waals surface area contributed by atoms with Crippen LogP contribution in [0.2, 0.25) is 5.02 Å². The Balaban J connectivity index is 1.89. The van der Waals surface area contributed by atoms with Gasteiger partial charge in [0.05, 0.1) is 16.6 Å². The molecule has 0 heterocycles. The summed E-state index contributed by atoms with van der Waals surface area (Å²) in [6, 6.07) is 10.7. The largest absolute Gasteiger partial charge is 0.481 e. The first-order valence-electron chi connectivity index (χ1n) is 10.8. The number of hydrogen-bond acceptors (Lipinski definition) is 3. The number of aliphatic carboxylic acids is 1. The van der Waals surface area contributed by atoms with Crippen LogP contribution in [-0.2, 0) is 14.8 Å². The Hall–Kier alpha value is -3.04. The van der Waals surface area contributed by atoms with E-state index in [-0.39, 0.29) is 30.1 Å². The molecule has 0 radical (unpaired) electrons. The summed E-state index contributed by atoms with van der Waals surface area (Å²) in [5.74, 6) is -3.66. The molecule has 0 bridgehead atoms. The maximum absolute atomic E-state index is 15.0. The van der Waals surface area contributed by atoms with Crippen LogP contribution in [-0.4, -0.2) is 19.5 Å². The molecule has 0 spiro atoms. The second-order valence-electron chi connectivity index (χ2n) is 8.35. The molecular formula is C25H21ClF3NO4S. The summed E-state index contributed by atoms with van der Waals surface area (Å²) < 4.78 is 71.9. The van der Waals surface area contributed by atoms with Crippen molar-refractivity contribution < 1.29 is 31.5 Å². The molecule has 5 nitrogen and oxygen atoms in total. The van der Waals surface area contributed by atoms with Crippen LogP contribution in [0.15, 0.2) is 65.6 Å². The number of rotatable bonds is 7. The molecule has 3 aromatic rings. The van der Waals surface area contributed by atoms with Crippen LogP contribution in [0.4, 0.5) is 18.9 Å². The Kier molecular flexibility index (Phi) is 7.10. The van der Waals surface area contributed by atoms with Crippen molar-refractivity contribution in [3.8, 4) is 0 Å². The van der Waals surface area contributed by atoms with Gasteiger partial charge in [-0.1, -0.05) is 17.7 Å². The summed E-state index contributed by atoms with van der Waals surface area (Å²) in [4.78, 5) is 10.9. The van der Waals surface area contributed by atoms with Crippen molar-refractivity contribution in [3.05, 3.63) is 94.3 Å². The van der Waals surface area contributed by atoms with Crippen LogP contribution in [0.5, 0.6) is 0 Å². The molecule has 10 heteroatoms. The molecule has 2 atom stereocenters. The topological polar surface area (TPSA) is 74.7 Å². The van der Waals surface area contributed by atoms with Gasteiger partial charge in [0.15, 0.2) is 0 Å². The molecular weight excluding hydrogens is 503 g/mol. The van der Waals surface area contributed by atoms with Gasteiger partial charge in [0, 0.05) is 17.5 Å². The zero-order valence-electron chi connectivity index (χ0n) is 18.3. The molecule has 184 valence electrons. The molecule has 1 N–H and O–H groups in total. The number of nitrogens with zero attached hydrogens (tertiary/aromatic N) is 1. The molecule has 1 aliphatic carbocycles. The summed E-state index contributed by atoms with van der Waals surface area (Å²) >= 11 is 5.91. The van der Waals surface area contributed by atoms with Crippen molar-refractivity contribution in [3.63, 3.8) is 0 Å². The number of fused-ring (bicyclic) bond motifs is 1. The number of anilines is 1. The predicted molar refractivity (Wildman–Crippen MR) is 125 cm³/mol. The van der Waals surface area contributed by atoms with Crippen molar-refractivity contribution >= 4 is 33.3 Å². The van der Waals surface area contributed by atoms with Crippen LogP contribution in [0.25, 0.3) is 0 Å². The quantitative estimate of drug-likeness (QED) is 0.387. The first kappa shape index (κ1) is 25.1. The highest BCUT2D eigenvalue weighted by atomic mass is 35.5. The van der Waals surface area contributed by atoms with E-state index in [1.54, 1.807) is 0 Å². The van der Waals surface area contributed by atoms with E-state index in [4.69, 9.17) is 16.7 Å². The minimum absolute atomic E-state index is 0.142. The third kappa shape index (κ3) is 5.16. The third-order valence-corrected chi connectivity index (χ3v) is 8.23. The van der Waals surface area contributed by atoms with Crippen molar-refractivity contribution in [1.29, 1.82) is 0 Å². The summed E-state index contributed by atoms with van der Waals surface area (Å²) in [6.45, 7) is 0. The maximum atomic E-state index is 15.0. The molecule has 3 aromatic carbocycles. The molecule has 0 aromatic heterocycles. The van der Waals surface area contributed by atoms with Gasteiger partial charge in [0.25, 0.3) is 10.0 Å². The fraction of sp³-hybridized carbons (Fsp3) is 0.240. The molecule has 0 amide bonds. The first-order valence-corrected chi connectivity index (χ1v) is 12.7. The van der Waals surface area contributed by atoms with Crippen molar-refractivity contribution in [2.75, 3.05) is 4.31 Å². The Morgan fingerprint density at radius 2 is 1.60 bits per heavy atom. The number of carboxylic acids is 1. The zero-order chi connectivity index (χ0) is 25.3. The van der Waals surface area contributed by atoms with E-state index >= 15 is 0 Å². The Morgan fingerprint density at radius 3 is 2.29 bits per heavy atom. The average Bonchev–Trinajstić information content (AvgIpc) is 2.80. The highest BCUT2D eigenvalue weighted by Gasteiger charge is 2.39. The molecule has 35 heavy (non-hydrogen) atoms. The van der Waals surface area contributed by atoms with E-state index < -0.39 is 45.2 Å². The second-order valence-corrected chi connectivity index (χ2v) is 10.6. The zero-order valence-corrected chi connectivity index (χ0v) is 19.9. The highest BCUT2D eigenvalue weighted by Crippen LogP contribution is 2.46. The lowest BCUT2D eigenvalue weighted by atomic mass is 9.78. The third-order valence-electron chi connectivity index (χ3n) is 6.14. The van der Waals surface area contributed by atoms with Gasteiger partial charge in [-0.05, 0) is 84.8 Å². The summed E-state index contributed by atoms with van der Waals surface area (Å²) in [6.07, 6.45) is 0.608. The van der Waals surface area contributed by atoms with Gasteiger partial charge in [-0.15, -0.1) is 0 Å². The van der Waals surface area contributed by atoms with Crippen LogP contribution in [0.1, 0.15) is 48.8 Å². The van der Waals surface area contributed by atoms with Crippen LogP contribution >= 0.6 is 11.6 Å². The van der Waals surface area contributed by atoms with Gasteiger partial charge in [-0.2, -0.15) is 0 Å². The fourth-order valence-corrected chi connectivity index (χ4v) is 6.34. The molecule has 1 aliphatic rings. The van der Waals surface area contributed by atoms with E-state index in [1.165, 1.54) is 42.5 Å². The Bertz CT molecular complexity index is 1370.